The maximum atomic E-state index is 12.8. The zero-order valence-corrected chi connectivity index (χ0v) is 17.4. The van der Waals surface area contributed by atoms with Gasteiger partial charge in [0.25, 0.3) is 0 Å². The fraction of sp³-hybridized carbons (Fsp3) is 0.0909. The predicted molar refractivity (Wildman–Crippen MR) is 120 cm³/mol. The van der Waals surface area contributed by atoms with Gasteiger partial charge in [-0.1, -0.05) is 60.7 Å². The standard InChI is InChI=1S/C22H16N4O2S2/c27-19-12-26(22-24-18(14-30-22)16-9-5-2-6-10-16)20(28)11-25(19)21-23-17(13-29-21)15-7-3-1-4-8-15/h1-10,13-14H,11-12H2. The van der Waals surface area contributed by atoms with Crippen LogP contribution in [0.2, 0.25) is 0 Å². The molecule has 0 atom stereocenters. The second-order valence-electron chi connectivity index (χ2n) is 6.72. The molecule has 30 heavy (non-hydrogen) atoms. The Hall–Kier alpha value is -3.36. The first-order chi connectivity index (χ1) is 14.7. The Morgan fingerprint density at radius 2 is 1.03 bits per heavy atom. The van der Waals surface area contributed by atoms with Gasteiger partial charge in [0.2, 0.25) is 11.8 Å². The zero-order valence-electron chi connectivity index (χ0n) is 15.8. The van der Waals surface area contributed by atoms with Gasteiger partial charge in [-0.15, -0.1) is 22.7 Å². The molecule has 8 heteroatoms. The molecule has 0 aliphatic carbocycles. The highest BCUT2D eigenvalue weighted by Crippen LogP contribution is 2.31. The third-order valence-corrected chi connectivity index (χ3v) is 6.50. The molecule has 1 aliphatic heterocycles. The van der Waals surface area contributed by atoms with Crippen LogP contribution in [-0.4, -0.2) is 34.9 Å². The summed E-state index contributed by atoms with van der Waals surface area (Å²) >= 11 is 2.73. The molecule has 148 valence electrons. The molecule has 2 aromatic carbocycles. The molecule has 3 heterocycles. The van der Waals surface area contributed by atoms with Gasteiger partial charge in [0.15, 0.2) is 10.3 Å². The molecule has 0 unspecified atom stereocenters. The van der Waals surface area contributed by atoms with Crippen molar-refractivity contribution in [2.75, 3.05) is 22.9 Å². The molecule has 5 rings (SSSR count). The summed E-state index contributed by atoms with van der Waals surface area (Å²) < 4.78 is 0. The number of carbonyl (C=O) groups is 2. The minimum Gasteiger partial charge on any atom is -0.277 e. The predicted octanol–water partition coefficient (Wildman–Crippen LogP) is 4.31. The maximum Gasteiger partial charge on any atom is 0.249 e. The van der Waals surface area contributed by atoms with Crippen LogP contribution in [0.4, 0.5) is 10.3 Å². The van der Waals surface area contributed by atoms with Crippen molar-refractivity contribution < 1.29 is 9.59 Å². The molecule has 2 aromatic heterocycles. The molecule has 0 spiro atoms. The smallest absolute Gasteiger partial charge is 0.249 e. The first kappa shape index (κ1) is 18.7. The molecule has 6 nitrogen and oxygen atoms in total. The first-order valence-corrected chi connectivity index (χ1v) is 11.1. The van der Waals surface area contributed by atoms with Crippen molar-refractivity contribution in [3.05, 3.63) is 71.4 Å². The van der Waals surface area contributed by atoms with Crippen molar-refractivity contribution in [2.45, 2.75) is 0 Å². The fourth-order valence-corrected chi connectivity index (χ4v) is 4.93. The summed E-state index contributed by atoms with van der Waals surface area (Å²) in [6.45, 7) is -0.0817. The Morgan fingerprint density at radius 3 is 1.43 bits per heavy atom. The van der Waals surface area contributed by atoms with Gasteiger partial charge in [-0.3, -0.25) is 19.4 Å². The number of nitrogens with zero attached hydrogens (tertiary/aromatic N) is 4. The normalized spacial score (nSPS) is 14.4. The van der Waals surface area contributed by atoms with Crippen LogP contribution in [0, 0.1) is 0 Å². The summed E-state index contributed by atoms with van der Waals surface area (Å²) in [7, 11) is 0. The van der Waals surface area contributed by atoms with E-state index < -0.39 is 0 Å². The highest BCUT2D eigenvalue weighted by Gasteiger charge is 2.34. The van der Waals surface area contributed by atoms with E-state index in [-0.39, 0.29) is 24.9 Å². The second-order valence-corrected chi connectivity index (χ2v) is 8.40. The number of aromatic nitrogens is 2. The van der Waals surface area contributed by atoms with E-state index in [4.69, 9.17) is 0 Å². The van der Waals surface area contributed by atoms with Crippen LogP contribution in [0.1, 0.15) is 0 Å². The summed E-state index contributed by atoms with van der Waals surface area (Å²) in [5.41, 5.74) is 3.55. The topological polar surface area (TPSA) is 66.4 Å². The SMILES string of the molecule is O=C1CN(c2nc(-c3ccccc3)cs2)C(=O)CN1c1nc(-c2ccccc2)cs1. The van der Waals surface area contributed by atoms with E-state index >= 15 is 0 Å². The number of hydrogen-bond acceptors (Lipinski definition) is 6. The summed E-state index contributed by atoms with van der Waals surface area (Å²) in [6, 6.07) is 19.5. The van der Waals surface area contributed by atoms with E-state index in [1.54, 1.807) is 0 Å². The van der Waals surface area contributed by atoms with Crippen LogP contribution in [-0.2, 0) is 9.59 Å². The molecule has 1 fully saturated rings. The highest BCUT2D eigenvalue weighted by atomic mass is 32.1. The summed E-state index contributed by atoms with van der Waals surface area (Å²) in [5, 5.41) is 4.88. The van der Waals surface area contributed by atoms with Gasteiger partial charge in [0.1, 0.15) is 13.1 Å². The Balaban J connectivity index is 1.35. The largest absolute Gasteiger partial charge is 0.277 e. The van der Waals surface area contributed by atoms with Gasteiger partial charge in [-0.2, -0.15) is 0 Å². The van der Waals surface area contributed by atoms with Gasteiger partial charge in [-0.25, -0.2) is 9.97 Å². The van der Waals surface area contributed by atoms with Crippen LogP contribution in [0.15, 0.2) is 71.4 Å². The molecule has 1 saturated heterocycles. The Kier molecular flexibility index (Phi) is 4.86. The Labute approximate surface area is 181 Å². The first-order valence-electron chi connectivity index (χ1n) is 9.32. The Morgan fingerprint density at radius 1 is 0.633 bits per heavy atom. The zero-order chi connectivity index (χ0) is 20.5. The van der Waals surface area contributed by atoms with Crippen LogP contribution >= 0.6 is 22.7 Å². The number of anilines is 2. The van der Waals surface area contributed by atoms with E-state index in [0.717, 1.165) is 22.5 Å². The Bertz CT molecular complexity index is 1110. The number of amides is 2. The molecule has 0 N–H and O–H groups in total. The van der Waals surface area contributed by atoms with Crippen LogP contribution < -0.4 is 9.80 Å². The van der Waals surface area contributed by atoms with Gasteiger partial charge < -0.3 is 0 Å². The van der Waals surface area contributed by atoms with Gasteiger partial charge in [0, 0.05) is 21.9 Å². The van der Waals surface area contributed by atoms with Gasteiger partial charge in [0.05, 0.1) is 11.4 Å². The molecule has 0 bridgehead atoms. The van der Waals surface area contributed by atoms with E-state index in [1.807, 2.05) is 71.4 Å². The van der Waals surface area contributed by atoms with Crippen LogP contribution in [0.3, 0.4) is 0 Å². The van der Waals surface area contributed by atoms with E-state index in [1.165, 1.54) is 32.5 Å². The van der Waals surface area contributed by atoms with Crippen molar-refractivity contribution in [1.82, 2.24) is 9.97 Å². The van der Waals surface area contributed by atoms with Crippen molar-refractivity contribution in [3.63, 3.8) is 0 Å². The van der Waals surface area contributed by atoms with Gasteiger partial charge in [-0.05, 0) is 0 Å². The number of rotatable bonds is 4. The number of carbonyl (C=O) groups excluding carboxylic acids is 2. The lowest BCUT2D eigenvalue weighted by Crippen LogP contribution is -2.54. The third-order valence-electron chi connectivity index (χ3n) is 4.77. The van der Waals surface area contributed by atoms with Crippen molar-refractivity contribution >= 4 is 44.8 Å². The average Bonchev–Trinajstić information content (AvgIpc) is 3.47. The molecule has 1 aliphatic rings. The van der Waals surface area contributed by atoms with Gasteiger partial charge >= 0.3 is 0 Å². The number of benzene rings is 2. The monoisotopic (exact) mass is 432 g/mol. The summed E-state index contributed by atoms with van der Waals surface area (Å²) in [5.74, 6) is -0.333. The average molecular weight is 433 g/mol. The quantitative estimate of drug-likeness (QED) is 0.482. The minimum atomic E-state index is -0.167. The van der Waals surface area contributed by atoms with E-state index in [9.17, 15) is 9.59 Å². The number of hydrogen-bond donors (Lipinski definition) is 0. The molecular weight excluding hydrogens is 416 g/mol. The number of thiazole rings is 2. The number of piperazine rings is 1. The molecule has 0 saturated carbocycles. The molecule has 4 aromatic rings. The lowest BCUT2D eigenvalue weighted by atomic mass is 10.2. The highest BCUT2D eigenvalue weighted by molar-refractivity contribution is 7.14. The summed E-state index contributed by atoms with van der Waals surface area (Å²) in [6.07, 6.45) is 0. The fourth-order valence-electron chi connectivity index (χ4n) is 3.23. The molecule has 2 amide bonds. The van der Waals surface area contributed by atoms with E-state index in [0.29, 0.717) is 10.3 Å². The second kappa shape index (κ2) is 7.81. The maximum absolute atomic E-state index is 12.8. The van der Waals surface area contributed by atoms with Crippen LogP contribution in [0.25, 0.3) is 22.5 Å². The third kappa shape index (κ3) is 3.51. The molecule has 0 radical (unpaired) electrons. The van der Waals surface area contributed by atoms with Crippen LogP contribution in [0.5, 0.6) is 0 Å². The van der Waals surface area contributed by atoms with E-state index in [2.05, 4.69) is 9.97 Å². The molecular formula is C22H16N4O2S2. The lowest BCUT2D eigenvalue weighted by Gasteiger charge is -2.30. The minimum absolute atomic E-state index is 0.0408. The van der Waals surface area contributed by atoms with Crippen molar-refractivity contribution in [3.8, 4) is 22.5 Å². The van der Waals surface area contributed by atoms with Crippen molar-refractivity contribution in [2.24, 2.45) is 0 Å². The lowest BCUT2D eigenvalue weighted by molar-refractivity contribution is -0.125. The van der Waals surface area contributed by atoms with Crippen molar-refractivity contribution in [1.29, 1.82) is 0 Å². The summed E-state index contributed by atoms with van der Waals surface area (Å²) in [4.78, 5) is 37.7.